The van der Waals surface area contributed by atoms with Gasteiger partial charge in [-0.2, -0.15) is 0 Å². The van der Waals surface area contributed by atoms with E-state index in [0.29, 0.717) is 31.0 Å². The van der Waals surface area contributed by atoms with E-state index in [0.717, 1.165) is 4.88 Å². The second-order valence-electron chi connectivity index (χ2n) is 5.49. The molecule has 5 heteroatoms. The predicted octanol–water partition coefficient (Wildman–Crippen LogP) is 3.82. The number of carbonyl (C=O) groups excluding carboxylic acids is 1. The molecule has 0 saturated carbocycles. The molecule has 1 aromatic carbocycles. The molecule has 0 aliphatic carbocycles. The Morgan fingerprint density at radius 1 is 1.26 bits per heavy atom. The van der Waals surface area contributed by atoms with Crippen LogP contribution in [0.5, 0.6) is 5.75 Å². The molecule has 1 aromatic heterocycles. The summed E-state index contributed by atoms with van der Waals surface area (Å²) in [6, 6.07) is 11.4. The number of hydrogen-bond donors (Lipinski definition) is 0. The maximum absolute atomic E-state index is 12.8. The highest BCUT2D eigenvalue weighted by Gasteiger charge is 2.17. The summed E-state index contributed by atoms with van der Waals surface area (Å²) in [6.45, 7) is 5.60. The molecule has 0 unspecified atom stereocenters. The third-order valence-electron chi connectivity index (χ3n) is 3.23. The van der Waals surface area contributed by atoms with Crippen LogP contribution < -0.4 is 4.74 Å². The Labute approximate surface area is 141 Å². The van der Waals surface area contributed by atoms with Crippen molar-refractivity contribution in [3.05, 3.63) is 52.2 Å². The van der Waals surface area contributed by atoms with Gasteiger partial charge in [0.15, 0.2) is 0 Å². The first-order chi connectivity index (χ1) is 11.1. The number of thiophene rings is 1. The number of rotatable bonds is 8. The molecule has 0 bridgehead atoms. The van der Waals surface area contributed by atoms with Crippen LogP contribution in [-0.2, 0) is 11.3 Å². The Morgan fingerprint density at radius 3 is 2.74 bits per heavy atom. The van der Waals surface area contributed by atoms with Crippen molar-refractivity contribution in [2.75, 3.05) is 20.3 Å². The van der Waals surface area contributed by atoms with Crippen LogP contribution in [-0.4, -0.2) is 37.2 Å². The van der Waals surface area contributed by atoms with Crippen LogP contribution >= 0.6 is 11.3 Å². The van der Waals surface area contributed by atoms with Crippen molar-refractivity contribution in [2.24, 2.45) is 0 Å². The van der Waals surface area contributed by atoms with Gasteiger partial charge in [0, 0.05) is 24.1 Å². The Morgan fingerprint density at radius 2 is 2.09 bits per heavy atom. The molecule has 0 aliphatic heterocycles. The van der Waals surface area contributed by atoms with Gasteiger partial charge in [-0.25, -0.2) is 0 Å². The van der Waals surface area contributed by atoms with Gasteiger partial charge in [0.2, 0.25) is 0 Å². The van der Waals surface area contributed by atoms with E-state index in [4.69, 9.17) is 9.47 Å². The second-order valence-corrected chi connectivity index (χ2v) is 6.53. The SMILES string of the molecule is COCCN(Cc1cccs1)C(=O)c1cccc(OC(C)C)c1. The van der Waals surface area contributed by atoms with Crippen molar-refractivity contribution < 1.29 is 14.3 Å². The van der Waals surface area contributed by atoms with Gasteiger partial charge in [-0.3, -0.25) is 4.79 Å². The van der Waals surface area contributed by atoms with E-state index in [1.54, 1.807) is 24.5 Å². The zero-order chi connectivity index (χ0) is 16.7. The molecule has 124 valence electrons. The van der Waals surface area contributed by atoms with Crippen LogP contribution in [0.4, 0.5) is 0 Å². The lowest BCUT2D eigenvalue weighted by atomic mass is 10.2. The standard InChI is InChI=1S/C18H23NO3S/c1-14(2)22-16-7-4-6-15(12-16)18(20)19(9-10-21-3)13-17-8-5-11-23-17/h4-8,11-12,14H,9-10,13H2,1-3H3. The van der Waals surface area contributed by atoms with Crippen LogP contribution in [0, 0.1) is 0 Å². The monoisotopic (exact) mass is 333 g/mol. The number of carbonyl (C=O) groups is 1. The Balaban J connectivity index is 2.15. The fraction of sp³-hybridized carbons (Fsp3) is 0.389. The Bertz CT molecular complexity index is 610. The summed E-state index contributed by atoms with van der Waals surface area (Å²) >= 11 is 1.65. The molecule has 1 heterocycles. The van der Waals surface area contributed by atoms with Crippen LogP contribution in [0.3, 0.4) is 0 Å². The van der Waals surface area contributed by atoms with Crippen LogP contribution in [0.15, 0.2) is 41.8 Å². The normalized spacial score (nSPS) is 10.8. The molecular weight excluding hydrogens is 310 g/mol. The molecule has 23 heavy (non-hydrogen) atoms. The average molecular weight is 333 g/mol. The Hall–Kier alpha value is -1.85. The minimum absolute atomic E-state index is 0.00958. The fourth-order valence-corrected chi connectivity index (χ4v) is 2.92. The first kappa shape index (κ1) is 17.5. The van der Waals surface area contributed by atoms with Gasteiger partial charge in [-0.05, 0) is 43.5 Å². The van der Waals surface area contributed by atoms with Crippen molar-refractivity contribution in [1.82, 2.24) is 4.90 Å². The van der Waals surface area contributed by atoms with Gasteiger partial charge in [0.05, 0.1) is 19.3 Å². The molecule has 2 aromatic rings. The number of ether oxygens (including phenoxy) is 2. The summed E-state index contributed by atoms with van der Waals surface area (Å²) in [4.78, 5) is 15.8. The zero-order valence-corrected chi connectivity index (χ0v) is 14.6. The molecule has 1 amide bonds. The molecule has 0 aliphatic rings. The zero-order valence-electron chi connectivity index (χ0n) is 13.8. The van der Waals surface area contributed by atoms with Gasteiger partial charge < -0.3 is 14.4 Å². The fourth-order valence-electron chi connectivity index (χ4n) is 2.20. The van der Waals surface area contributed by atoms with Crippen molar-refractivity contribution >= 4 is 17.2 Å². The van der Waals surface area contributed by atoms with Gasteiger partial charge in [-0.15, -0.1) is 11.3 Å². The maximum atomic E-state index is 12.8. The maximum Gasteiger partial charge on any atom is 0.254 e. The van der Waals surface area contributed by atoms with E-state index in [-0.39, 0.29) is 12.0 Å². The number of benzene rings is 1. The number of hydrogen-bond acceptors (Lipinski definition) is 4. The quantitative estimate of drug-likeness (QED) is 0.737. The van der Waals surface area contributed by atoms with E-state index < -0.39 is 0 Å². The first-order valence-electron chi connectivity index (χ1n) is 7.67. The van der Waals surface area contributed by atoms with Crippen LogP contribution in [0.25, 0.3) is 0 Å². The largest absolute Gasteiger partial charge is 0.491 e. The van der Waals surface area contributed by atoms with Gasteiger partial charge in [0.1, 0.15) is 5.75 Å². The minimum atomic E-state index is -0.00958. The van der Waals surface area contributed by atoms with Crippen LogP contribution in [0.2, 0.25) is 0 Å². The number of nitrogens with zero attached hydrogens (tertiary/aromatic N) is 1. The predicted molar refractivity (Wildman–Crippen MR) is 93.1 cm³/mol. The molecule has 0 spiro atoms. The lowest BCUT2D eigenvalue weighted by Crippen LogP contribution is -2.33. The Kier molecular flexibility index (Phi) is 6.62. The second kappa shape index (κ2) is 8.70. The summed E-state index contributed by atoms with van der Waals surface area (Å²) in [5.41, 5.74) is 0.635. The van der Waals surface area contributed by atoms with Gasteiger partial charge in [0.25, 0.3) is 5.91 Å². The van der Waals surface area contributed by atoms with E-state index in [1.807, 2.05) is 54.5 Å². The van der Waals surface area contributed by atoms with Crippen molar-refractivity contribution in [1.29, 1.82) is 0 Å². The van der Waals surface area contributed by atoms with Gasteiger partial charge in [-0.1, -0.05) is 12.1 Å². The molecular formula is C18H23NO3S. The van der Waals surface area contributed by atoms with E-state index in [9.17, 15) is 4.79 Å². The highest BCUT2D eigenvalue weighted by Crippen LogP contribution is 2.18. The summed E-state index contributed by atoms with van der Waals surface area (Å²) < 4.78 is 10.8. The summed E-state index contributed by atoms with van der Waals surface area (Å²) in [7, 11) is 1.64. The molecule has 0 atom stereocenters. The topological polar surface area (TPSA) is 38.8 Å². The summed E-state index contributed by atoms with van der Waals surface area (Å²) in [6.07, 6.45) is 0.0797. The lowest BCUT2D eigenvalue weighted by Gasteiger charge is -2.22. The highest BCUT2D eigenvalue weighted by molar-refractivity contribution is 7.09. The smallest absolute Gasteiger partial charge is 0.254 e. The van der Waals surface area contributed by atoms with E-state index >= 15 is 0 Å². The van der Waals surface area contributed by atoms with E-state index in [2.05, 4.69) is 0 Å². The molecule has 0 radical (unpaired) electrons. The van der Waals surface area contributed by atoms with Gasteiger partial charge >= 0.3 is 0 Å². The highest BCUT2D eigenvalue weighted by atomic mass is 32.1. The third kappa shape index (κ3) is 5.37. The minimum Gasteiger partial charge on any atom is -0.491 e. The van der Waals surface area contributed by atoms with Crippen LogP contribution in [0.1, 0.15) is 29.1 Å². The molecule has 0 fully saturated rings. The summed E-state index contributed by atoms with van der Waals surface area (Å²) in [5.74, 6) is 0.707. The molecule has 2 rings (SSSR count). The van der Waals surface area contributed by atoms with E-state index in [1.165, 1.54) is 0 Å². The number of methoxy groups -OCH3 is 1. The lowest BCUT2D eigenvalue weighted by molar-refractivity contribution is 0.0681. The number of amides is 1. The van der Waals surface area contributed by atoms with Crippen molar-refractivity contribution in [2.45, 2.75) is 26.5 Å². The molecule has 4 nitrogen and oxygen atoms in total. The average Bonchev–Trinajstić information content (AvgIpc) is 3.03. The van der Waals surface area contributed by atoms with Crippen molar-refractivity contribution in [3.8, 4) is 5.75 Å². The molecule has 0 saturated heterocycles. The third-order valence-corrected chi connectivity index (χ3v) is 4.09. The molecule has 0 N–H and O–H groups in total. The summed E-state index contributed by atoms with van der Waals surface area (Å²) in [5, 5.41) is 2.02. The van der Waals surface area contributed by atoms with Crippen molar-refractivity contribution in [3.63, 3.8) is 0 Å². The first-order valence-corrected chi connectivity index (χ1v) is 8.55.